The molecule has 0 aromatic carbocycles. The summed E-state index contributed by atoms with van der Waals surface area (Å²) in [5.41, 5.74) is 0. The number of hydrogen-bond acceptors (Lipinski definition) is 4. The molecule has 1 N–H and O–H groups in total. The van der Waals surface area contributed by atoms with Crippen molar-refractivity contribution in [3.05, 3.63) is 0 Å². The molecule has 0 saturated heterocycles. The summed E-state index contributed by atoms with van der Waals surface area (Å²) in [6, 6.07) is 0. The summed E-state index contributed by atoms with van der Waals surface area (Å²) in [4.78, 5) is 10.4. The third-order valence-corrected chi connectivity index (χ3v) is 3.87. The van der Waals surface area contributed by atoms with Crippen LogP contribution in [0, 0.1) is 0 Å². The standard InChI is InChI=1S/C5H8Br2O5S/c6-3-4(7)5(8)12-1-2-13(9,10)11/h4H,1-3H2,(H,9,10,11). The Morgan fingerprint density at radius 1 is 1.54 bits per heavy atom. The first-order chi connectivity index (χ1) is 5.87. The van der Waals surface area contributed by atoms with Crippen molar-refractivity contribution >= 4 is 47.9 Å². The Morgan fingerprint density at radius 2 is 2.08 bits per heavy atom. The minimum Gasteiger partial charge on any atom is -0.464 e. The van der Waals surface area contributed by atoms with E-state index in [1.54, 1.807) is 0 Å². The van der Waals surface area contributed by atoms with Crippen LogP contribution in [0.2, 0.25) is 0 Å². The summed E-state index contributed by atoms with van der Waals surface area (Å²) in [7, 11) is -4.06. The normalized spacial score (nSPS) is 13.8. The molecule has 5 nitrogen and oxygen atoms in total. The van der Waals surface area contributed by atoms with E-state index in [1.807, 2.05) is 0 Å². The minimum atomic E-state index is -4.06. The molecule has 0 heterocycles. The lowest BCUT2D eigenvalue weighted by Gasteiger charge is -2.05. The summed E-state index contributed by atoms with van der Waals surface area (Å²) in [5, 5.41) is 0.373. The number of ether oxygens (including phenoxy) is 1. The van der Waals surface area contributed by atoms with Gasteiger partial charge in [0.1, 0.15) is 17.2 Å². The lowest BCUT2D eigenvalue weighted by molar-refractivity contribution is -0.141. The van der Waals surface area contributed by atoms with Gasteiger partial charge in [0.25, 0.3) is 10.1 Å². The van der Waals surface area contributed by atoms with Crippen molar-refractivity contribution in [2.24, 2.45) is 0 Å². The summed E-state index contributed by atoms with van der Waals surface area (Å²) in [5.74, 6) is -1.15. The molecule has 0 radical (unpaired) electrons. The molecule has 0 amide bonds. The molecule has 0 fully saturated rings. The lowest BCUT2D eigenvalue weighted by Crippen LogP contribution is -2.22. The molecule has 0 aromatic heterocycles. The number of esters is 1. The largest absolute Gasteiger partial charge is 0.464 e. The van der Waals surface area contributed by atoms with Crippen LogP contribution < -0.4 is 0 Å². The second-order valence-corrected chi connectivity index (χ2v) is 5.40. The minimum absolute atomic E-state index is 0.341. The van der Waals surface area contributed by atoms with Gasteiger partial charge in [-0.15, -0.1) is 0 Å². The van der Waals surface area contributed by atoms with Crippen LogP contribution in [-0.2, 0) is 19.6 Å². The first kappa shape index (κ1) is 13.3. The van der Waals surface area contributed by atoms with Crippen LogP contribution >= 0.6 is 31.9 Å². The predicted octanol–water partition coefficient (Wildman–Crippen LogP) is 0.576. The van der Waals surface area contributed by atoms with Gasteiger partial charge in [0.15, 0.2) is 0 Å². The van der Waals surface area contributed by atoms with E-state index in [9.17, 15) is 13.2 Å². The zero-order valence-electron chi connectivity index (χ0n) is 6.44. The van der Waals surface area contributed by atoms with Crippen LogP contribution in [0.4, 0.5) is 0 Å². The topological polar surface area (TPSA) is 80.7 Å². The van der Waals surface area contributed by atoms with Gasteiger partial charge in [0, 0.05) is 5.33 Å². The smallest absolute Gasteiger partial charge is 0.320 e. The summed E-state index contributed by atoms with van der Waals surface area (Å²) in [6.45, 7) is -0.341. The van der Waals surface area contributed by atoms with Crippen molar-refractivity contribution in [1.29, 1.82) is 0 Å². The van der Waals surface area contributed by atoms with E-state index in [0.29, 0.717) is 5.33 Å². The van der Waals surface area contributed by atoms with Gasteiger partial charge in [-0.1, -0.05) is 31.9 Å². The third kappa shape index (κ3) is 7.41. The molecule has 0 aliphatic carbocycles. The molecule has 0 saturated carbocycles. The van der Waals surface area contributed by atoms with E-state index >= 15 is 0 Å². The highest BCUT2D eigenvalue weighted by molar-refractivity contribution is 9.12. The van der Waals surface area contributed by atoms with Gasteiger partial charge in [-0.05, 0) is 0 Å². The quantitative estimate of drug-likeness (QED) is 0.450. The van der Waals surface area contributed by atoms with Gasteiger partial charge in [0.2, 0.25) is 0 Å². The summed E-state index contributed by atoms with van der Waals surface area (Å²) >= 11 is 6.02. The van der Waals surface area contributed by atoms with E-state index in [0.717, 1.165) is 0 Å². The van der Waals surface area contributed by atoms with Gasteiger partial charge in [-0.2, -0.15) is 8.42 Å². The Morgan fingerprint density at radius 3 is 2.46 bits per heavy atom. The molecule has 13 heavy (non-hydrogen) atoms. The molecule has 78 valence electrons. The highest BCUT2D eigenvalue weighted by Crippen LogP contribution is 2.05. The average molecular weight is 340 g/mol. The molecular weight excluding hydrogens is 332 g/mol. The monoisotopic (exact) mass is 338 g/mol. The molecule has 0 aliphatic rings. The van der Waals surface area contributed by atoms with Crippen LogP contribution in [0.3, 0.4) is 0 Å². The summed E-state index contributed by atoms with van der Waals surface area (Å²) in [6.07, 6.45) is 0. The summed E-state index contributed by atoms with van der Waals surface area (Å²) < 4.78 is 33.2. The van der Waals surface area contributed by atoms with Crippen molar-refractivity contribution in [1.82, 2.24) is 0 Å². The van der Waals surface area contributed by atoms with Crippen LogP contribution in [0.5, 0.6) is 0 Å². The zero-order valence-corrected chi connectivity index (χ0v) is 10.4. The van der Waals surface area contributed by atoms with E-state index in [4.69, 9.17) is 4.55 Å². The number of alkyl halides is 2. The number of halogens is 2. The van der Waals surface area contributed by atoms with E-state index in [1.165, 1.54) is 0 Å². The SMILES string of the molecule is O=C(OCCS(=O)(=O)O)C(Br)CBr. The predicted molar refractivity (Wildman–Crippen MR) is 53.9 cm³/mol. The maximum atomic E-state index is 10.9. The molecule has 0 rings (SSSR count). The van der Waals surface area contributed by atoms with E-state index in [2.05, 4.69) is 36.6 Å². The Hall–Kier alpha value is 0.340. The van der Waals surface area contributed by atoms with Crippen molar-refractivity contribution in [2.75, 3.05) is 17.7 Å². The van der Waals surface area contributed by atoms with Gasteiger partial charge in [0.05, 0.1) is 0 Å². The van der Waals surface area contributed by atoms with Crippen LogP contribution in [0.1, 0.15) is 0 Å². The fourth-order valence-corrected chi connectivity index (χ4v) is 1.09. The molecular formula is C5H8Br2O5S. The number of carbonyl (C=O) groups is 1. The fourth-order valence-electron chi connectivity index (χ4n) is 0.401. The molecule has 8 heteroatoms. The fraction of sp³-hybridized carbons (Fsp3) is 0.800. The number of carbonyl (C=O) groups excluding carboxylic acids is 1. The Balaban J connectivity index is 3.72. The highest BCUT2D eigenvalue weighted by atomic mass is 79.9. The Labute approximate surface area is 92.8 Å². The Bertz CT molecular complexity index is 262. The van der Waals surface area contributed by atoms with Gasteiger partial charge in [-0.3, -0.25) is 9.35 Å². The second kappa shape index (κ2) is 5.94. The van der Waals surface area contributed by atoms with Gasteiger partial charge in [-0.25, -0.2) is 0 Å². The molecule has 0 aromatic rings. The molecule has 1 unspecified atom stereocenters. The number of hydrogen-bond donors (Lipinski definition) is 1. The maximum Gasteiger partial charge on any atom is 0.320 e. The van der Waals surface area contributed by atoms with Crippen LogP contribution in [-0.4, -0.2) is 41.5 Å². The maximum absolute atomic E-state index is 10.9. The zero-order chi connectivity index (χ0) is 10.5. The third-order valence-electron chi connectivity index (χ3n) is 0.977. The second-order valence-electron chi connectivity index (χ2n) is 2.08. The van der Waals surface area contributed by atoms with Crippen LogP contribution in [0.25, 0.3) is 0 Å². The first-order valence-corrected chi connectivity index (χ1v) is 6.83. The molecule has 0 aliphatic heterocycles. The van der Waals surface area contributed by atoms with Crippen molar-refractivity contribution in [3.8, 4) is 0 Å². The van der Waals surface area contributed by atoms with E-state index < -0.39 is 26.7 Å². The Kier molecular flexibility index (Phi) is 6.10. The van der Waals surface area contributed by atoms with Crippen molar-refractivity contribution < 1.29 is 22.5 Å². The molecule has 0 spiro atoms. The molecule has 0 bridgehead atoms. The van der Waals surface area contributed by atoms with Gasteiger partial charge < -0.3 is 4.74 Å². The average Bonchev–Trinajstić information content (AvgIpc) is 2.00. The highest BCUT2D eigenvalue weighted by Gasteiger charge is 2.15. The van der Waals surface area contributed by atoms with Gasteiger partial charge >= 0.3 is 5.97 Å². The van der Waals surface area contributed by atoms with E-state index in [-0.39, 0.29) is 6.61 Å². The van der Waals surface area contributed by atoms with Crippen molar-refractivity contribution in [3.63, 3.8) is 0 Å². The number of rotatable bonds is 5. The van der Waals surface area contributed by atoms with Crippen LogP contribution in [0.15, 0.2) is 0 Å². The molecule has 1 atom stereocenters. The first-order valence-electron chi connectivity index (χ1n) is 3.18. The lowest BCUT2D eigenvalue weighted by atomic mass is 10.5. The van der Waals surface area contributed by atoms with Crippen molar-refractivity contribution in [2.45, 2.75) is 4.83 Å².